The van der Waals surface area contributed by atoms with Crippen LogP contribution in [0.1, 0.15) is 27.2 Å². The van der Waals surface area contributed by atoms with Crippen LogP contribution in [-0.4, -0.2) is 36.7 Å². The fourth-order valence-corrected chi connectivity index (χ4v) is 1.19. The third-order valence-corrected chi connectivity index (χ3v) is 2.22. The zero-order valence-electron chi connectivity index (χ0n) is 10.2. The number of rotatable bonds is 8. The maximum Gasteiger partial charge on any atom is 0.308 e. The molecule has 0 aromatic carbocycles. The van der Waals surface area contributed by atoms with Gasteiger partial charge in [-0.15, -0.1) is 0 Å². The van der Waals surface area contributed by atoms with Crippen LogP contribution in [0.25, 0.3) is 0 Å². The van der Waals surface area contributed by atoms with E-state index in [2.05, 4.69) is 5.32 Å². The molecule has 0 aliphatic carbocycles. The first-order valence-corrected chi connectivity index (χ1v) is 5.56. The molecule has 0 saturated carbocycles. The molecule has 0 fully saturated rings. The Morgan fingerprint density at radius 2 is 2.00 bits per heavy atom. The smallest absolute Gasteiger partial charge is 0.308 e. The van der Waals surface area contributed by atoms with E-state index in [-0.39, 0.29) is 25.0 Å². The van der Waals surface area contributed by atoms with Gasteiger partial charge in [0.25, 0.3) is 0 Å². The maximum atomic E-state index is 11.2. The number of hydrogen-bond acceptors (Lipinski definition) is 3. The largest absolute Gasteiger partial charge is 0.481 e. The molecule has 2 N–H and O–H groups in total. The minimum atomic E-state index is -0.884. The van der Waals surface area contributed by atoms with E-state index in [1.54, 1.807) is 0 Å². The van der Waals surface area contributed by atoms with Crippen molar-refractivity contribution in [3.63, 3.8) is 0 Å². The normalized spacial score (nSPS) is 12.5. The van der Waals surface area contributed by atoms with Crippen molar-refractivity contribution in [3.05, 3.63) is 0 Å². The zero-order chi connectivity index (χ0) is 12.6. The molecular formula is C11H21NO4. The van der Waals surface area contributed by atoms with Crippen LogP contribution >= 0.6 is 0 Å². The number of carboxylic acids is 1. The number of carbonyl (C=O) groups excluding carboxylic acids is 1. The van der Waals surface area contributed by atoms with Gasteiger partial charge < -0.3 is 15.2 Å². The third kappa shape index (κ3) is 6.40. The van der Waals surface area contributed by atoms with E-state index in [1.165, 1.54) is 0 Å². The van der Waals surface area contributed by atoms with Crippen molar-refractivity contribution in [1.29, 1.82) is 0 Å². The summed E-state index contributed by atoms with van der Waals surface area (Å²) in [5.74, 6) is -1.70. The topological polar surface area (TPSA) is 75.6 Å². The van der Waals surface area contributed by atoms with Crippen LogP contribution in [0.5, 0.6) is 0 Å². The van der Waals surface area contributed by atoms with Crippen LogP contribution in [0.4, 0.5) is 0 Å². The monoisotopic (exact) mass is 231 g/mol. The molecule has 16 heavy (non-hydrogen) atoms. The van der Waals surface area contributed by atoms with E-state index in [9.17, 15) is 9.59 Å². The average molecular weight is 231 g/mol. The zero-order valence-corrected chi connectivity index (χ0v) is 10.2. The highest BCUT2D eigenvalue weighted by atomic mass is 16.5. The molecule has 1 amide bonds. The van der Waals surface area contributed by atoms with E-state index in [4.69, 9.17) is 9.84 Å². The fourth-order valence-electron chi connectivity index (χ4n) is 1.19. The van der Waals surface area contributed by atoms with Gasteiger partial charge in [0, 0.05) is 13.2 Å². The molecule has 0 aliphatic heterocycles. The Morgan fingerprint density at radius 3 is 2.44 bits per heavy atom. The second-order valence-electron chi connectivity index (χ2n) is 4.05. The molecule has 0 aromatic heterocycles. The molecule has 5 heteroatoms. The van der Waals surface area contributed by atoms with Crippen molar-refractivity contribution in [2.45, 2.75) is 27.2 Å². The van der Waals surface area contributed by atoms with Crippen LogP contribution in [0, 0.1) is 11.8 Å². The standard InChI is InChI=1S/C11H21NO4/c1-4-5-16-7-10(13)12-6-9(8(2)3)11(14)15/h8-9H,4-7H2,1-3H3,(H,12,13)(H,14,15). The molecule has 1 atom stereocenters. The van der Waals surface area contributed by atoms with Gasteiger partial charge in [-0.2, -0.15) is 0 Å². The maximum absolute atomic E-state index is 11.2. The van der Waals surface area contributed by atoms with E-state index in [1.807, 2.05) is 20.8 Å². The number of hydrogen-bond donors (Lipinski definition) is 2. The van der Waals surface area contributed by atoms with Crippen molar-refractivity contribution in [2.75, 3.05) is 19.8 Å². The summed E-state index contributed by atoms with van der Waals surface area (Å²) in [4.78, 5) is 22.1. The summed E-state index contributed by atoms with van der Waals surface area (Å²) >= 11 is 0. The van der Waals surface area contributed by atoms with E-state index < -0.39 is 11.9 Å². The summed E-state index contributed by atoms with van der Waals surface area (Å²) in [6, 6.07) is 0. The molecule has 0 spiro atoms. The molecule has 0 rings (SSSR count). The van der Waals surface area contributed by atoms with Gasteiger partial charge in [-0.05, 0) is 12.3 Å². The summed E-state index contributed by atoms with van der Waals surface area (Å²) in [5, 5.41) is 11.4. The lowest BCUT2D eigenvalue weighted by Crippen LogP contribution is -2.37. The quantitative estimate of drug-likeness (QED) is 0.608. The number of carboxylic acid groups (broad SMARTS) is 1. The van der Waals surface area contributed by atoms with Gasteiger partial charge in [-0.1, -0.05) is 20.8 Å². The number of ether oxygens (including phenoxy) is 1. The second-order valence-corrected chi connectivity index (χ2v) is 4.05. The van der Waals surface area contributed by atoms with Gasteiger partial charge in [-0.25, -0.2) is 0 Å². The minimum Gasteiger partial charge on any atom is -0.481 e. The van der Waals surface area contributed by atoms with Crippen molar-refractivity contribution in [1.82, 2.24) is 5.32 Å². The molecule has 0 radical (unpaired) electrons. The molecule has 0 heterocycles. The Bertz CT molecular complexity index is 228. The highest BCUT2D eigenvalue weighted by molar-refractivity contribution is 5.78. The molecule has 94 valence electrons. The van der Waals surface area contributed by atoms with Gasteiger partial charge in [0.2, 0.25) is 5.91 Å². The highest BCUT2D eigenvalue weighted by Crippen LogP contribution is 2.09. The van der Waals surface area contributed by atoms with Crippen LogP contribution in [0.15, 0.2) is 0 Å². The number of aliphatic carboxylic acids is 1. The van der Waals surface area contributed by atoms with Gasteiger partial charge in [-0.3, -0.25) is 9.59 Å². The SMILES string of the molecule is CCCOCC(=O)NCC(C(=O)O)C(C)C. The van der Waals surface area contributed by atoms with Crippen LogP contribution in [0.2, 0.25) is 0 Å². The summed E-state index contributed by atoms with van der Waals surface area (Å²) in [5.41, 5.74) is 0. The van der Waals surface area contributed by atoms with E-state index in [0.717, 1.165) is 6.42 Å². The first-order chi connectivity index (χ1) is 7.49. The predicted molar refractivity (Wildman–Crippen MR) is 60.1 cm³/mol. The molecule has 0 bridgehead atoms. The first kappa shape index (κ1) is 14.9. The Labute approximate surface area is 96.2 Å². The van der Waals surface area contributed by atoms with Gasteiger partial charge in [0.15, 0.2) is 0 Å². The summed E-state index contributed by atoms with van der Waals surface area (Å²) in [7, 11) is 0. The molecule has 1 unspecified atom stereocenters. The van der Waals surface area contributed by atoms with Crippen molar-refractivity contribution < 1.29 is 19.4 Å². The first-order valence-electron chi connectivity index (χ1n) is 5.56. The molecule has 0 saturated heterocycles. The van der Waals surface area contributed by atoms with E-state index >= 15 is 0 Å². The number of amides is 1. The van der Waals surface area contributed by atoms with Crippen molar-refractivity contribution in [2.24, 2.45) is 11.8 Å². The van der Waals surface area contributed by atoms with Gasteiger partial charge in [0.05, 0.1) is 5.92 Å². The lowest BCUT2D eigenvalue weighted by atomic mass is 9.96. The minimum absolute atomic E-state index is 0.00171. The summed E-state index contributed by atoms with van der Waals surface area (Å²) < 4.78 is 5.04. The Hall–Kier alpha value is -1.10. The lowest BCUT2D eigenvalue weighted by molar-refractivity contribution is -0.143. The molecular weight excluding hydrogens is 210 g/mol. The number of nitrogens with one attached hydrogen (secondary N) is 1. The summed E-state index contributed by atoms with van der Waals surface area (Å²) in [6.45, 7) is 6.29. The van der Waals surface area contributed by atoms with Crippen LogP contribution in [-0.2, 0) is 14.3 Å². The van der Waals surface area contributed by atoms with Crippen LogP contribution in [0.3, 0.4) is 0 Å². The molecule has 5 nitrogen and oxygen atoms in total. The lowest BCUT2D eigenvalue weighted by Gasteiger charge is -2.16. The van der Waals surface area contributed by atoms with Gasteiger partial charge >= 0.3 is 5.97 Å². The Kier molecular flexibility index (Phi) is 7.54. The Morgan fingerprint density at radius 1 is 1.38 bits per heavy atom. The highest BCUT2D eigenvalue weighted by Gasteiger charge is 2.21. The molecule has 0 aromatic rings. The average Bonchev–Trinajstić information content (AvgIpc) is 2.17. The van der Waals surface area contributed by atoms with E-state index in [0.29, 0.717) is 6.61 Å². The van der Waals surface area contributed by atoms with Gasteiger partial charge in [0.1, 0.15) is 6.61 Å². The predicted octanol–water partition coefficient (Wildman–Crippen LogP) is 0.886. The van der Waals surface area contributed by atoms with Crippen molar-refractivity contribution >= 4 is 11.9 Å². The molecule has 0 aliphatic rings. The number of carbonyl (C=O) groups is 2. The summed E-state index contributed by atoms with van der Waals surface area (Å²) in [6.07, 6.45) is 0.858. The van der Waals surface area contributed by atoms with Crippen molar-refractivity contribution in [3.8, 4) is 0 Å². The van der Waals surface area contributed by atoms with Crippen LogP contribution < -0.4 is 5.32 Å². The third-order valence-electron chi connectivity index (χ3n) is 2.22. The Balaban J connectivity index is 3.83. The second kappa shape index (κ2) is 8.10. The fraction of sp³-hybridized carbons (Fsp3) is 0.818.